The molecule has 0 bridgehead atoms. The largest absolute Gasteiger partial charge is 0.618 e. The average Bonchev–Trinajstić information content (AvgIpc) is 2.15. The molecule has 2 rings (SSSR count). The van der Waals surface area contributed by atoms with Crippen LogP contribution < -0.4 is 9.46 Å². The molecule has 4 nitrogen and oxygen atoms in total. The number of benzene rings is 1. The maximum Gasteiger partial charge on any atom is 0.291 e. The van der Waals surface area contributed by atoms with Gasteiger partial charge in [0.1, 0.15) is 0 Å². The van der Waals surface area contributed by atoms with E-state index in [-0.39, 0.29) is 5.52 Å². The van der Waals surface area contributed by atoms with Crippen molar-refractivity contribution in [2.75, 3.05) is 0 Å². The van der Waals surface area contributed by atoms with Crippen molar-refractivity contribution in [2.24, 2.45) is 0 Å². The molecule has 0 aliphatic rings. The Morgan fingerprint density at radius 1 is 1.07 bits per heavy atom. The minimum atomic E-state index is 0.276. The van der Waals surface area contributed by atoms with Gasteiger partial charge in [0.2, 0.25) is 12.4 Å². The number of aromatic nitrogens is 2. The molecule has 0 aliphatic carbocycles. The molecule has 0 fully saturated rings. The Hall–Kier alpha value is -1.55. The first-order valence-corrected chi connectivity index (χ1v) is 4.38. The van der Waals surface area contributed by atoms with E-state index >= 15 is 0 Å². The summed E-state index contributed by atoms with van der Waals surface area (Å²) >= 11 is 5.85. The summed E-state index contributed by atoms with van der Waals surface area (Å²) in [7, 11) is 0. The molecule has 1 heterocycles. The fourth-order valence-electron chi connectivity index (χ4n) is 1.29. The second kappa shape index (κ2) is 2.99. The summed E-state index contributed by atoms with van der Waals surface area (Å²) in [5, 5.41) is 23.1. The maximum absolute atomic E-state index is 11.3. The molecule has 0 N–H and O–H groups in total. The first-order valence-electron chi connectivity index (χ1n) is 4.01. The zero-order chi connectivity index (χ0) is 10.3. The van der Waals surface area contributed by atoms with Crippen molar-refractivity contribution in [3.8, 4) is 0 Å². The van der Waals surface area contributed by atoms with E-state index in [1.54, 1.807) is 13.0 Å². The highest BCUT2D eigenvalue weighted by molar-refractivity contribution is 6.31. The van der Waals surface area contributed by atoms with E-state index in [0.29, 0.717) is 20.0 Å². The van der Waals surface area contributed by atoms with E-state index in [1.165, 1.54) is 12.3 Å². The Bertz CT molecular complexity index is 467. The van der Waals surface area contributed by atoms with Gasteiger partial charge in [0, 0.05) is 12.1 Å². The quantitative estimate of drug-likeness (QED) is 0.483. The fourth-order valence-corrected chi connectivity index (χ4v) is 1.45. The van der Waals surface area contributed by atoms with Gasteiger partial charge in [-0.2, -0.15) is 9.46 Å². The van der Waals surface area contributed by atoms with Gasteiger partial charge in [-0.25, -0.2) is 0 Å². The summed E-state index contributed by atoms with van der Waals surface area (Å²) in [5.74, 6) is 0. The van der Waals surface area contributed by atoms with E-state index in [1.807, 2.05) is 0 Å². The molecule has 5 heteroatoms. The van der Waals surface area contributed by atoms with Crippen molar-refractivity contribution in [3.05, 3.63) is 45.5 Å². The summed E-state index contributed by atoms with van der Waals surface area (Å²) < 4.78 is 1.27. The average molecular weight is 211 g/mol. The van der Waals surface area contributed by atoms with E-state index in [2.05, 4.69) is 0 Å². The van der Waals surface area contributed by atoms with Gasteiger partial charge < -0.3 is 10.4 Å². The number of hydrogen-bond acceptors (Lipinski definition) is 2. The molecule has 1 aromatic carbocycles. The van der Waals surface area contributed by atoms with Crippen LogP contribution in [0.3, 0.4) is 0 Å². The Balaban J connectivity index is 2.94. The molecule has 0 saturated heterocycles. The minimum absolute atomic E-state index is 0.276. The summed E-state index contributed by atoms with van der Waals surface area (Å²) in [6, 6.07) is 3.09. The van der Waals surface area contributed by atoms with Crippen LogP contribution in [0.15, 0.2) is 24.5 Å². The maximum atomic E-state index is 11.3. The molecule has 0 unspecified atom stereocenters. The lowest BCUT2D eigenvalue weighted by Gasteiger charge is -2.04. The lowest BCUT2D eigenvalue weighted by atomic mass is 10.2. The minimum Gasteiger partial charge on any atom is -0.618 e. The van der Waals surface area contributed by atoms with Crippen LogP contribution in [0.5, 0.6) is 0 Å². The Morgan fingerprint density at radius 3 is 2.14 bits per heavy atom. The molecule has 0 amide bonds. The van der Waals surface area contributed by atoms with Crippen molar-refractivity contribution in [1.29, 1.82) is 0 Å². The van der Waals surface area contributed by atoms with Crippen molar-refractivity contribution in [1.82, 2.24) is 0 Å². The molecule has 0 atom stereocenters. The molecule has 0 aliphatic heterocycles. The third-order valence-electron chi connectivity index (χ3n) is 2.07. The summed E-state index contributed by atoms with van der Waals surface area (Å²) in [6.07, 6.45) is 2.32. The van der Waals surface area contributed by atoms with Crippen LogP contribution in [0, 0.1) is 17.3 Å². The monoisotopic (exact) mass is 210 g/mol. The van der Waals surface area contributed by atoms with Gasteiger partial charge in [0.15, 0.2) is 0 Å². The van der Waals surface area contributed by atoms with Gasteiger partial charge in [-0.1, -0.05) is 11.6 Å². The van der Waals surface area contributed by atoms with Crippen LogP contribution in [0.2, 0.25) is 5.02 Å². The second-order valence-corrected chi connectivity index (χ2v) is 3.45. The predicted octanol–water partition coefficient (Wildman–Crippen LogP) is 1.07. The van der Waals surface area contributed by atoms with E-state index in [0.717, 1.165) is 11.8 Å². The van der Waals surface area contributed by atoms with Crippen LogP contribution in [0.1, 0.15) is 5.56 Å². The van der Waals surface area contributed by atoms with Gasteiger partial charge >= 0.3 is 0 Å². The smallest absolute Gasteiger partial charge is 0.291 e. The molecule has 0 saturated carbocycles. The third-order valence-corrected chi connectivity index (χ3v) is 2.48. The summed E-state index contributed by atoms with van der Waals surface area (Å²) in [4.78, 5) is 0. The molecule has 14 heavy (non-hydrogen) atoms. The zero-order valence-corrected chi connectivity index (χ0v) is 8.15. The van der Waals surface area contributed by atoms with Crippen molar-refractivity contribution in [3.63, 3.8) is 0 Å². The molecule has 1 aromatic heterocycles. The number of hydrogen-bond donors (Lipinski definition) is 0. The highest BCUT2D eigenvalue weighted by Gasteiger charge is 2.14. The van der Waals surface area contributed by atoms with Gasteiger partial charge in [0.05, 0.1) is 5.02 Å². The summed E-state index contributed by atoms with van der Waals surface area (Å²) in [5.41, 5.74) is 1.37. The van der Waals surface area contributed by atoms with Crippen molar-refractivity contribution >= 4 is 22.6 Å². The van der Waals surface area contributed by atoms with Gasteiger partial charge in [-0.15, -0.1) is 0 Å². The third kappa shape index (κ3) is 1.24. The van der Waals surface area contributed by atoms with Crippen LogP contribution in [0.4, 0.5) is 0 Å². The van der Waals surface area contributed by atoms with E-state index < -0.39 is 0 Å². The zero-order valence-electron chi connectivity index (χ0n) is 7.40. The lowest BCUT2D eigenvalue weighted by molar-refractivity contribution is -0.628. The molecule has 2 aromatic rings. The molecule has 0 radical (unpaired) electrons. The Labute approximate surface area is 85.1 Å². The van der Waals surface area contributed by atoms with E-state index in [4.69, 9.17) is 11.6 Å². The summed E-state index contributed by atoms with van der Waals surface area (Å²) in [6.45, 7) is 1.78. The number of rotatable bonds is 0. The normalized spacial score (nSPS) is 10.7. The first-order chi connectivity index (χ1) is 6.59. The molecule has 72 valence electrons. The Kier molecular flexibility index (Phi) is 1.93. The predicted molar refractivity (Wildman–Crippen MR) is 51.6 cm³/mol. The van der Waals surface area contributed by atoms with Crippen molar-refractivity contribution < 1.29 is 9.46 Å². The van der Waals surface area contributed by atoms with Crippen LogP contribution >= 0.6 is 11.6 Å². The number of halogens is 1. The topological polar surface area (TPSA) is 53.9 Å². The van der Waals surface area contributed by atoms with Crippen LogP contribution in [-0.4, -0.2) is 0 Å². The number of fused-ring (bicyclic) bond motifs is 1. The highest BCUT2D eigenvalue weighted by Crippen LogP contribution is 2.18. The molecular weight excluding hydrogens is 204 g/mol. The first kappa shape index (κ1) is 9.02. The molecular formula is C9H7ClN2O2. The van der Waals surface area contributed by atoms with Gasteiger partial charge in [-0.05, 0) is 12.5 Å². The second-order valence-electron chi connectivity index (χ2n) is 3.04. The SMILES string of the molecule is Cc1cc2c(cc1Cl)[n+]([O-])cc[n+]2[O-]. The van der Waals surface area contributed by atoms with E-state index in [9.17, 15) is 10.4 Å². The van der Waals surface area contributed by atoms with Crippen LogP contribution in [-0.2, 0) is 0 Å². The molecule has 0 spiro atoms. The number of nitrogens with zero attached hydrogens (tertiary/aromatic N) is 2. The van der Waals surface area contributed by atoms with Crippen molar-refractivity contribution in [2.45, 2.75) is 6.92 Å². The van der Waals surface area contributed by atoms with Gasteiger partial charge in [-0.3, -0.25) is 0 Å². The standard InChI is InChI=1S/C9H7ClN2O2/c1-6-4-8-9(5-7(6)10)12(14)3-2-11(8)13/h2-5H,1H3. The fraction of sp³-hybridized carbons (Fsp3) is 0.111. The van der Waals surface area contributed by atoms with Gasteiger partial charge in [0.25, 0.3) is 11.0 Å². The lowest BCUT2D eigenvalue weighted by Crippen LogP contribution is -2.36. The highest BCUT2D eigenvalue weighted by atomic mass is 35.5. The Morgan fingerprint density at radius 2 is 1.57 bits per heavy atom. The number of aryl methyl sites for hydroxylation is 1. The van der Waals surface area contributed by atoms with Crippen LogP contribution in [0.25, 0.3) is 11.0 Å².